The molecule has 1 N–H and O–H groups in total. The molecular weight excluding hydrogens is 458 g/mol. The summed E-state index contributed by atoms with van der Waals surface area (Å²) in [7, 11) is -3.04. The number of carbonyl (C=O) groups excluding carboxylic acids is 1. The second-order valence-electron chi connectivity index (χ2n) is 7.47. The Hall–Kier alpha value is -1.77. The number of nitrogens with one attached hydrogen (secondary N) is 1. The van der Waals surface area contributed by atoms with Crippen LogP contribution in [0.2, 0.25) is 0 Å². The Kier molecular flexibility index (Phi) is 9.02. The molecule has 182 valence electrons. The minimum atomic E-state index is -3.76. The van der Waals surface area contributed by atoms with Crippen molar-refractivity contribution in [2.24, 2.45) is 0 Å². The summed E-state index contributed by atoms with van der Waals surface area (Å²) in [5.41, 5.74) is 0.332. The van der Waals surface area contributed by atoms with E-state index in [9.17, 15) is 21.6 Å². The van der Waals surface area contributed by atoms with Gasteiger partial charge in [-0.05, 0) is 18.2 Å². The van der Waals surface area contributed by atoms with Gasteiger partial charge in [-0.3, -0.25) is 9.69 Å². The molecule has 1 aromatic rings. The predicted octanol–water partition coefficient (Wildman–Crippen LogP) is 0.0882. The number of piperazine rings is 1. The van der Waals surface area contributed by atoms with Gasteiger partial charge in [-0.15, -0.1) is 0 Å². The topological polar surface area (TPSA) is 120 Å². The summed E-state index contributed by atoms with van der Waals surface area (Å²) < 4.78 is 59.4. The molecule has 0 aromatic heterocycles. The fourth-order valence-electron chi connectivity index (χ4n) is 3.39. The Morgan fingerprint density at radius 1 is 1.06 bits per heavy atom. The molecule has 13 heteroatoms. The zero-order valence-electron chi connectivity index (χ0n) is 19.2. The first-order valence-corrected chi connectivity index (χ1v) is 13.2. The monoisotopic (exact) mass is 491 g/mol. The number of amides is 1. The van der Waals surface area contributed by atoms with Crippen LogP contribution in [0.4, 0.5) is 5.69 Å². The maximum absolute atomic E-state index is 12.6. The van der Waals surface area contributed by atoms with E-state index in [0.29, 0.717) is 45.0 Å². The standard InChI is InChI=1S/C19H33N5O6S2/c1-6-23(7-2)32(28,29)24-12-10-22(11-13-24)15-19(25)20-16-8-9-17(30-5)18(14-16)31(26,27)21(3)4/h8-9,14H,6-7,10-13,15H2,1-5H3,(H,20,25). The SMILES string of the molecule is CCN(CC)S(=O)(=O)N1CCN(CC(=O)Nc2ccc(OC)c(S(=O)(=O)N(C)C)c2)CC1. The molecule has 0 bridgehead atoms. The predicted molar refractivity (Wildman–Crippen MR) is 122 cm³/mol. The summed E-state index contributed by atoms with van der Waals surface area (Å²) in [6.45, 7) is 5.96. The molecule has 2 rings (SSSR count). The first-order valence-electron chi connectivity index (χ1n) is 10.3. The van der Waals surface area contributed by atoms with Gasteiger partial charge >= 0.3 is 0 Å². The van der Waals surface area contributed by atoms with Crippen molar-refractivity contribution in [2.75, 3.05) is 72.3 Å². The fourth-order valence-corrected chi connectivity index (χ4v) is 6.07. The maximum Gasteiger partial charge on any atom is 0.282 e. The van der Waals surface area contributed by atoms with Gasteiger partial charge in [-0.1, -0.05) is 13.8 Å². The van der Waals surface area contributed by atoms with Crippen molar-refractivity contribution in [3.8, 4) is 5.75 Å². The van der Waals surface area contributed by atoms with Gasteiger partial charge in [0.05, 0.1) is 13.7 Å². The lowest BCUT2D eigenvalue weighted by atomic mass is 10.3. The molecule has 1 aliphatic rings. The van der Waals surface area contributed by atoms with Crippen LogP contribution in [-0.2, 0) is 25.0 Å². The molecule has 1 aromatic carbocycles. The van der Waals surface area contributed by atoms with Crippen LogP contribution in [0.15, 0.2) is 23.1 Å². The second-order valence-corrected chi connectivity index (χ2v) is 11.5. The summed E-state index contributed by atoms with van der Waals surface area (Å²) in [5, 5.41) is 2.71. The highest BCUT2D eigenvalue weighted by molar-refractivity contribution is 7.89. The van der Waals surface area contributed by atoms with E-state index in [1.807, 2.05) is 4.90 Å². The third-order valence-electron chi connectivity index (χ3n) is 5.26. The van der Waals surface area contributed by atoms with Gasteiger partial charge in [0, 0.05) is 59.1 Å². The smallest absolute Gasteiger partial charge is 0.282 e. The van der Waals surface area contributed by atoms with Crippen LogP contribution in [0.5, 0.6) is 5.75 Å². The van der Waals surface area contributed by atoms with E-state index in [-0.39, 0.29) is 23.1 Å². The van der Waals surface area contributed by atoms with E-state index in [4.69, 9.17) is 4.74 Å². The second kappa shape index (κ2) is 10.9. The Morgan fingerprint density at radius 3 is 2.16 bits per heavy atom. The van der Waals surface area contributed by atoms with Gasteiger partial charge in [0.2, 0.25) is 15.9 Å². The number of methoxy groups -OCH3 is 1. The summed E-state index contributed by atoms with van der Waals surface area (Å²) >= 11 is 0. The molecule has 1 amide bonds. The molecule has 0 radical (unpaired) electrons. The molecule has 11 nitrogen and oxygen atoms in total. The number of benzene rings is 1. The lowest BCUT2D eigenvalue weighted by Crippen LogP contribution is -2.54. The Morgan fingerprint density at radius 2 is 1.66 bits per heavy atom. The van der Waals surface area contributed by atoms with Crippen LogP contribution in [0.1, 0.15) is 13.8 Å². The summed E-state index contributed by atoms with van der Waals surface area (Å²) in [4.78, 5) is 14.3. The number of nitrogens with zero attached hydrogens (tertiary/aromatic N) is 4. The van der Waals surface area contributed by atoms with Crippen LogP contribution < -0.4 is 10.1 Å². The van der Waals surface area contributed by atoms with Gasteiger partial charge in [-0.25, -0.2) is 12.7 Å². The van der Waals surface area contributed by atoms with Crippen molar-refractivity contribution in [1.29, 1.82) is 0 Å². The van der Waals surface area contributed by atoms with Crippen molar-refractivity contribution in [2.45, 2.75) is 18.7 Å². The molecule has 1 aliphatic heterocycles. The number of anilines is 1. The lowest BCUT2D eigenvalue weighted by molar-refractivity contribution is -0.117. The molecule has 0 unspecified atom stereocenters. The molecule has 1 heterocycles. The number of sulfonamides is 1. The van der Waals surface area contributed by atoms with Crippen LogP contribution in [0.3, 0.4) is 0 Å². The lowest BCUT2D eigenvalue weighted by Gasteiger charge is -2.35. The van der Waals surface area contributed by atoms with E-state index in [2.05, 4.69) is 5.32 Å². The number of ether oxygens (including phenoxy) is 1. The molecule has 0 spiro atoms. The number of hydrogen-bond acceptors (Lipinski definition) is 7. The Balaban J connectivity index is 2.01. The minimum Gasteiger partial charge on any atom is -0.495 e. The number of carbonyl (C=O) groups is 1. The van der Waals surface area contributed by atoms with Crippen LogP contribution in [0, 0.1) is 0 Å². The zero-order chi connectivity index (χ0) is 24.1. The van der Waals surface area contributed by atoms with Crippen LogP contribution in [0.25, 0.3) is 0 Å². The van der Waals surface area contributed by atoms with Crippen molar-refractivity contribution in [3.63, 3.8) is 0 Å². The van der Waals surface area contributed by atoms with Crippen molar-refractivity contribution >= 4 is 31.8 Å². The first-order chi connectivity index (χ1) is 15.0. The summed E-state index contributed by atoms with van der Waals surface area (Å²) in [5.74, 6) is -0.134. The zero-order valence-corrected chi connectivity index (χ0v) is 20.9. The minimum absolute atomic E-state index is 0.0435. The average molecular weight is 492 g/mol. The number of rotatable bonds is 10. The third-order valence-corrected chi connectivity index (χ3v) is 9.29. The van der Waals surface area contributed by atoms with Crippen molar-refractivity contribution in [1.82, 2.24) is 17.8 Å². The molecule has 1 saturated heterocycles. The van der Waals surface area contributed by atoms with Crippen molar-refractivity contribution in [3.05, 3.63) is 18.2 Å². The molecule has 32 heavy (non-hydrogen) atoms. The third kappa shape index (κ3) is 5.97. The molecule has 0 saturated carbocycles. The van der Waals surface area contributed by atoms with Gasteiger partial charge in [0.1, 0.15) is 10.6 Å². The molecule has 0 aliphatic carbocycles. The summed E-state index contributed by atoms with van der Waals surface area (Å²) in [6.07, 6.45) is 0. The molecular formula is C19H33N5O6S2. The van der Waals surface area contributed by atoms with Gasteiger partial charge in [-0.2, -0.15) is 17.0 Å². The highest BCUT2D eigenvalue weighted by Gasteiger charge is 2.31. The van der Waals surface area contributed by atoms with Crippen LogP contribution in [-0.4, -0.2) is 108 Å². The first kappa shape index (κ1) is 26.5. The van der Waals surface area contributed by atoms with Crippen LogP contribution >= 0.6 is 0 Å². The van der Waals surface area contributed by atoms with E-state index < -0.39 is 20.2 Å². The number of hydrogen-bond donors (Lipinski definition) is 1. The van der Waals surface area contributed by atoms with E-state index >= 15 is 0 Å². The van der Waals surface area contributed by atoms with Crippen molar-refractivity contribution < 1.29 is 26.4 Å². The summed E-state index contributed by atoms with van der Waals surface area (Å²) in [6, 6.07) is 4.42. The molecule has 1 fully saturated rings. The van der Waals surface area contributed by atoms with E-state index in [1.54, 1.807) is 19.9 Å². The van der Waals surface area contributed by atoms with E-state index in [0.717, 1.165) is 4.31 Å². The molecule has 0 atom stereocenters. The fraction of sp³-hybridized carbons (Fsp3) is 0.632. The van der Waals surface area contributed by atoms with Gasteiger partial charge in [0.25, 0.3) is 10.2 Å². The highest BCUT2D eigenvalue weighted by Crippen LogP contribution is 2.28. The Bertz CT molecular complexity index is 1000. The average Bonchev–Trinajstić information content (AvgIpc) is 2.74. The normalized spacial score (nSPS) is 16.5. The largest absolute Gasteiger partial charge is 0.495 e. The van der Waals surface area contributed by atoms with Gasteiger partial charge in [0.15, 0.2) is 0 Å². The maximum atomic E-state index is 12.6. The van der Waals surface area contributed by atoms with Gasteiger partial charge < -0.3 is 10.1 Å². The highest BCUT2D eigenvalue weighted by atomic mass is 32.2. The quantitative estimate of drug-likeness (QED) is 0.493. The van der Waals surface area contributed by atoms with E-state index in [1.165, 1.54) is 41.9 Å². The Labute approximate surface area is 191 Å².